The van der Waals surface area contributed by atoms with Crippen molar-refractivity contribution in [3.05, 3.63) is 62.8 Å². The molecule has 2 aromatic rings. The fourth-order valence-electron chi connectivity index (χ4n) is 1.44. The molecule has 88 valence electrons. The molecule has 4 heteroatoms. The molecule has 0 bridgehead atoms. The maximum absolute atomic E-state index is 12.0. The van der Waals surface area contributed by atoms with Gasteiger partial charge in [0.05, 0.1) is 4.88 Å². The summed E-state index contributed by atoms with van der Waals surface area (Å²) in [5.74, 6) is -0.271. The molecule has 0 amide bonds. The van der Waals surface area contributed by atoms with Gasteiger partial charge >= 0.3 is 0 Å². The first-order valence-electron chi connectivity index (χ1n) is 5.17. The molecule has 0 aliphatic carbocycles. The third kappa shape index (κ3) is 2.67. The van der Waals surface area contributed by atoms with Crippen molar-refractivity contribution in [1.82, 2.24) is 0 Å². The van der Waals surface area contributed by atoms with Gasteiger partial charge in [0.2, 0.25) is 5.78 Å². The van der Waals surface area contributed by atoms with E-state index < -0.39 is 0 Å². The first-order valence-corrected chi connectivity index (χ1v) is 6.42. The highest BCUT2D eigenvalue weighted by Crippen LogP contribution is 2.21. The standard InChI is InChI=1S/C14H8ClNOS/c15-12-5-2-1-4-10(12)8-11(9-16)14(17)13-6-3-7-18-13/h1-8H/b11-8+. The summed E-state index contributed by atoms with van der Waals surface area (Å²) in [5.41, 5.74) is 0.756. The van der Waals surface area contributed by atoms with Crippen molar-refractivity contribution in [3.8, 4) is 6.07 Å². The Morgan fingerprint density at radius 2 is 2.06 bits per heavy atom. The predicted octanol–water partition coefficient (Wildman–Crippen LogP) is 4.19. The third-order valence-electron chi connectivity index (χ3n) is 2.32. The van der Waals surface area contributed by atoms with Gasteiger partial charge in [-0.25, -0.2) is 0 Å². The van der Waals surface area contributed by atoms with Crippen molar-refractivity contribution in [3.63, 3.8) is 0 Å². The monoisotopic (exact) mass is 273 g/mol. The number of nitriles is 1. The van der Waals surface area contributed by atoms with Crippen LogP contribution in [0.4, 0.5) is 0 Å². The minimum Gasteiger partial charge on any atom is -0.287 e. The molecule has 0 unspecified atom stereocenters. The van der Waals surface area contributed by atoms with Crippen LogP contribution in [0.2, 0.25) is 5.02 Å². The van der Waals surface area contributed by atoms with Crippen LogP contribution >= 0.6 is 22.9 Å². The number of thiophene rings is 1. The molecular weight excluding hydrogens is 266 g/mol. The molecule has 0 saturated heterocycles. The maximum atomic E-state index is 12.0. The van der Waals surface area contributed by atoms with Gasteiger partial charge < -0.3 is 0 Å². The van der Waals surface area contributed by atoms with Crippen molar-refractivity contribution >= 4 is 34.8 Å². The molecule has 1 aromatic carbocycles. The van der Waals surface area contributed by atoms with Crippen molar-refractivity contribution in [2.24, 2.45) is 0 Å². The van der Waals surface area contributed by atoms with Crippen LogP contribution in [0.1, 0.15) is 15.2 Å². The fraction of sp³-hybridized carbons (Fsp3) is 0. The van der Waals surface area contributed by atoms with Crippen LogP contribution in [0.5, 0.6) is 0 Å². The Bertz CT molecular complexity index is 638. The highest BCUT2D eigenvalue weighted by molar-refractivity contribution is 7.12. The molecule has 0 aliphatic heterocycles. The number of hydrogen-bond acceptors (Lipinski definition) is 3. The lowest BCUT2D eigenvalue weighted by Crippen LogP contribution is -1.98. The van der Waals surface area contributed by atoms with E-state index in [-0.39, 0.29) is 11.4 Å². The van der Waals surface area contributed by atoms with E-state index in [0.717, 1.165) is 0 Å². The number of rotatable bonds is 3. The fourth-order valence-corrected chi connectivity index (χ4v) is 2.30. The molecule has 2 nitrogen and oxygen atoms in total. The predicted molar refractivity (Wildman–Crippen MR) is 73.7 cm³/mol. The quantitative estimate of drug-likeness (QED) is 0.478. The molecule has 0 aliphatic rings. The van der Waals surface area contributed by atoms with Crippen LogP contribution in [0.3, 0.4) is 0 Å². The summed E-state index contributed by atoms with van der Waals surface area (Å²) < 4.78 is 0. The molecule has 0 spiro atoms. The average molecular weight is 274 g/mol. The molecule has 0 atom stereocenters. The number of nitrogens with zero attached hydrogens (tertiary/aromatic N) is 1. The number of ketones is 1. The Kier molecular flexibility index (Phi) is 3.93. The highest BCUT2D eigenvalue weighted by atomic mass is 35.5. The Labute approximate surface area is 114 Å². The van der Waals surface area contributed by atoms with Crippen molar-refractivity contribution in [2.45, 2.75) is 0 Å². The molecule has 0 saturated carbocycles. The van der Waals surface area contributed by atoms with Crippen LogP contribution in [0.15, 0.2) is 47.4 Å². The number of Topliss-reactive ketones (excluding diaryl/α,β-unsaturated/α-hetero) is 1. The van der Waals surface area contributed by atoms with Gasteiger partial charge in [0.1, 0.15) is 11.6 Å². The van der Waals surface area contributed by atoms with E-state index in [4.69, 9.17) is 16.9 Å². The second-order valence-electron chi connectivity index (χ2n) is 3.50. The Hall–Kier alpha value is -1.89. The first kappa shape index (κ1) is 12.6. The summed E-state index contributed by atoms with van der Waals surface area (Å²) >= 11 is 7.31. The van der Waals surface area contributed by atoms with E-state index in [0.29, 0.717) is 15.5 Å². The van der Waals surface area contributed by atoms with Gasteiger partial charge in [0.15, 0.2) is 0 Å². The van der Waals surface area contributed by atoms with Gasteiger partial charge in [0.25, 0.3) is 0 Å². The molecule has 2 rings (SSSR count). The van der Waals surface area contributed by atoms with Crippen molar-refractivity contribution < 1.29 is 4.79 Å². The zero-order valence-corrected chi connectivity index (χ0v) is 10.8. The topological polar surface area (TPSA) is 40.9 Å². The Morgan fingerprint density at radius 1 is 1.28 bits per heavy atom. The molecule has 18 heavy (non-hydrogen) atoms. The molecule has 1 heterocycles. The number of benzene rings is 1. The minimum atomic E-state index is -0.271. The summed E-state index contributed by atoms with van der Waals surface area (Å²) in [6.45, 7) is 0. The highest BCUT2D eigenvalue weighted by Gasteiger charge is 2.13. The Morgan fingerprint density at radius 3 is 2.67 bits per heavy atom. The molecule has 0 fully saturated rings. The van der Waals surface area contributed by atoms with Crippen LogP contribution in [-0.4, -0.2) is 5.78 Å². The van der Waals surface area contributed by atoms with Crippen LogP contribution < -0.4 is 0 Å². The SMILES string of the molecule is N#C/C(=C\c1ccccc1Cl)C(=O)c1cccs1. The zero-order valence-electron chi connectivity index (χ0n) is 9.26. The summed E-state index contributed by atoms with van der Waals surface area (Å²) in [4.78, 5) is 12.6. The van der Waals surface area contributed by atoms with Gasteiger partial charge in [-0.05, 0) is 29.2 Å². The van der Waals surface area contributed by atoms with Gasteiger partial charge in [0, 0.05) is 5.02 Å². The second-order valence-corrected chi connectivity index (χ2v) is 4.85. The lowest BCUT2D eigenvalue weighted by molar-refractivity contribution is 0.104. The van der Waals surface area contributed by atoms with E-state index in [1.807, 2.05) is 12.1 Å². The summed E-state index contributed by atoms with van der Waals surface area (Å²) in [5, 5.41) is 11.4. The Balaban J connectivity index is 2.39. The van der Waals surface area contributed by atoms with Gasteiger partial charge in [-0.2, -0.15) is 5.26 Å². The van der Waals surface area contributed by atoms with E-state index in [9.17, 15) is 4.79 Å². The van der Waals surface area contributed by atoms with Gasteiger partial charge in [-0.1, -0.05) is 35.9 Å². The average Bonchev–Trinajstić information content (AvgIpc) is 2.91. The number of halogens is 1. The van der Waals surface area contributed by atoms with E-state index >= 15 is 0 Å². The zero-order chi connectivity index (χ0) is 13.0. The number of allylic oxidation sites excluding steroid dienone is 1. The smallest absolute Gasteiger partial charge is 0.213 e. The van der Waals surface area contributed by atoms with Crippen molar-refractivity contribution in [2.75, 3.05) is 0 Å². The normalized spacial score (nSPS) is 11.0. The first-order chi connectivity index (χ1) is 8.72. The van der Waals surface area contributed by atoms with Gasteiger partial charge in [-0.3, -0.25) is 4.79 Å². The van der Waals surface area contributed by atoms with E-state index in [1.165, 1.54) is 17.4 Å². The molecular formula is C14H8ClNOS. The summed E-state index contributed by atoms with van der Waals surface area (Å²) in [7, 11) is 0. The minimum absolute atomic E-state index is 0.0885. The van der Waals surface area contributed by atoms with E-state index in [1.54, 1.807) is 35.7 Å². The largest absolute Gasteiger partial charge is 0.287 e. The molecule has 1 aromatic heterocycles. The second kappa shape index (κ2) is 5.63. The maximum Gasteiger partial charge on any atom is 0.213 e. The summed E-state index contributed by atoms with van der Waals surface area (Å²) in [6, 6.07) is 12.5. The third-order valence-corrected chi connectivity index (χ3v) is 3.53. The van der Waals surface area contributed by atoms with Crippen LogP contribution in [0, 0.1) is 11.3 Å². The number of carbonyl (C=O) groups is 1. The van der Waals surface area contributed by atoms with Crippen LogP contribution in [-0.2, 0) is 0 Å². The summed E-state index contributed by atoms with van der Waals surface area (Å²) in [6.07, 6.45) is 1.52. The molecule has 0 N–H and O–H groups in total. The molecule has 0 radical (unpaired) electrons. The lowest BCUT2D eigenvalue weighted by atomic mass is 10.1. The van der Waals surface area contributed by atoms with Crippen LogP contribution in [0.25, 0.3) is 6.08 Å². The van der Waals surface area contributed by atoms with E-state index in [2.05, 4.69) is 0 Å². The number of hydrogen-bond donors (Lipinski definition) is 0. The lowest BCUT2D eigenvalue weighted by Gasteiger charge is -1.99. The van der Waals surface area contributed by atoms with Crippen molar-refractivity contribution in [1.29, 1.82) is 5.26 Å². The van der Waals surface area contributed by atoms with Gasteiger partial charge in [-0.15, -0.1) is 11.3 Å². The number of carbonyl (C=O) groups excluding carboxylic acids is 1.